The number of hydrogen-bond donors (Lipinski definition) is 1. The van der Waals surface area contributed by atoms with Crippen LogP contribution in [0.2, 0.25) is 0 Å². The van der Waals surface area contributed by atoms with Crippen LogP contribution in [-0.4, -0.2) is 31.0 Å². The second-order valence-corrected chi connectivity index (χ2v) is 11.9. The zero-order valence-corrected chi connectivity index (χ0v) is 23.0. The molecule has 2 atom stereocenters. The van der Waals surface area contributed by atoms with Gasteiger partial charge >= 0.3 is 6.18 Å². The van der Waals surface area contributed by atoms with Crippen LogP contribution in [0.3, 0.4) is 0 Å². The first-order valence-electron chi connectivity index (χ1n) is 14.3. The molecule has 3 aromatic rings. The fourth-order valence-corrected chi connectivity index (χ4v) is 5.93. The average molecular weight is 576 g/mol. The van der Waals surface area contributed by atoms with Crippen LogP contribution in [-0.2, 0) is 6.18 Å². The summed E-state index contributed by atoms with van der Waals surface area (Å²) < 4.78 is 75.6. The van der Waals surface area contributed by atoms with Crippen molar-refractivity contribution in [3.8, 4) is 17.0 Å². The van der Waals surface area contributed by atoms with E-state index in [9.17, 15) is 17.6 Å². The molecule has 1 radical (unpaired) electrons. The number of rotatable bonds is 8. The third-order valence-corrected chi connectivity index (χ3v) is 8.68. The number of pyridine rings is 1. The molecular weight excluding hydrogens is 548 g/mol. The van der Waals surface area contributed by atoms with E-state index in [1.165, 1.54) is 12.8 Å². The summed E-state index contributed by atoms with van der Waals surface area (Å²) in [5.74, 6) is -1.79. The molecule has 2 unspecified atom stereocenters. The molecular formula is C32H28BF5N3O. The molecule has 3 heterocycles. The predicted octanol–water partition coefficient (Wildman–Crippen LogP) is 7.08. The molecule has 4 nitrogen and oxygen atoms in total. The Morgan fingerprint density at radius 2 is 1.88 bits per heavy atom. The number of alkyl halides is 3. The first-order valence-corrected chi connectivity index (χ1v) is 14.3. The van der Waals surface area contributed by atoms with Crippen molar-refractivity contribution in [2.75, 3.05) is 13.2 Å². The molecule has 10 heteroatoms. The third kappa shape index (κ3) is 4.99. The molecule has 215 valence electrons. The van der Waals surface area contributed by atoms with E-state index in [4.69, 9.17) is 14.7 Å². The van der Waals surface area contributed by atoms with Crippen molar-refractivity contribution in [2.45, 2.75) is 50.6 Å². The van der Waals surface area contributed by atoms with Crippen molar-refractivity contribution >= 4 is 29.7 Å². The second-order valence-electron chi connectivity index (χ2n) is 11.9. The van der Waals surface area contributed by atoms with Crippen LogP contribution in [0, 0.1) is 23.5 Å². The number of aliphatic imine (C=N–C) groups is 1. The van der Waals surface area contributed by atoms with Crippen molar-refractivity contribution in [1.29, 1.82) is 0 Å². The lowest BCUT2D eigenvalue weighted by Crippen LogP contribution is -2.24. The van der Waals surface area contributed by atoms with E-state index < -0.39 is 28.9 Å². The van der Waals surface area contributed by atoms with Gasteiger partial charge in [-0.25, -0.2) is 13.8 Å². The monoisotopic (exact) mass is 576 g/mol. The lowest BCUT2D eigenvalue weighted by molar-refractivity contribution is -0.140. The molecule has 2 aliphatic carbocycles. The van der Waals surface area contributed by atoms with E-state index in [0.717, 1.165) is 46.4 Å². The number of ether oxygens (including phenoxy) is 1. The van der Waals surface area contributed by atoms with Crippen LogP contribution in [0.1, 0.15) is 66.8 Å². The maximum Gasteiger partial charge on any atom is 0.419 e. The first-order chi connectivity index (χ1) is 20.1. The Labute approximate surface area is 241 Å². The minimum absolute atomic E-state index is 0.0278. The summed E-state index contributed by atoms with van der Waals surface area (Å²) in [6.07, 6.45) is -0.640. The van der Waals surface area contributed by atoms with Crippen LogP contribution in [0.4, 0.5) is 27.6 Å². The highest BCUT2D eigenvalue weighted by molar-refractivity contribution is 6.88. The van der Waals surface area contributed by atoms with Crippen LogP contribution >= 0.6 is 0 Å². The van der Waals surface area contributed by atoms with Gasteiger partial charge in [-0.1, -0.05) is 31.1 Å². The topological polar surface area (TPSA) is 46.5 Å². The highest BCUT2D eigenvalue weighted by atomic mass is 19.4. The van der Waals surface area contributed by atoms with Gasteiger partial charge in [-0.2, -0.15) is 13.2 Å². The van der Waals surface area contributed by atoms with E-state index in [1.54, 1.807) is 0 Å². The number of hydrogen-bond acceptors (Lipinski definition) is 4. The Balaban J connectivity index is 1.18. The minimum Gasteiger partial charge on any atom is -0.490 e. The minimum atomic E-state index is -4.98. The Morgan fingerprint density at radius 3 is 2.60 bits per heavy atom. The molecule has 0 amide bonds. The van der Waals surface area contributed by atoms with Crippen LogP contribution in [0.15, 0.2) is 48.0 Å². The highest BCUT2D eigenvalue weighted by Gasteiger charge is 2.39. The first kappa shape index (κ1) is 27.2. The SMILES string of the molecule is C=C(NCC(c1cc2c(c(-c3cc(C(F)(F)F)c(F)cc3F)n1)OCC2C)C1CC1)c1ccc2c(c1)[B]C(C1CC1)=N2. The summed E-state index contributed by atoms with van der Waals surface area (Å²) >= 11 is 0. The zero-order chi connectivity index (χ0) is 29.3. The standard InChI is InChI=1S/C32H28BF5N3O/c1-15-14-42-30-20(15)11-28(40-29(30)21-10-23(32(36,37)38)26(35)12-25(21)34)22(17-3-4-17)13-39-16(2)19-7-8-27-24(9-19)33-31(41-27)18-5-6-18/h7-12,15,17-18,22,39H,2-6,13-14H2,1H3. The maximum absolute atomic E-state index is 15.0. The quantitative estimate of drug-likeness (QED) is 0.230. The van der Waals surface area contributed by atoms with Crippen LogP contribution < -0.4 is 15.5 Å². The second kappa shape index (κ2) is 9.95. The van der Waals surface area contributed by atoms with Crippen molar-refractivity contribution < 1.29 is 26.7 Å². The van der Waals surface area contributed by atoms with Crippen molar-refractivity contribution in [2.24, 2.45) is 16.8 Å². The molecule has 2 aliphatic heterocycles. The molecule has 0 spiro atoms. The predicted molar refractivity (Wildman–Crippen MR) is 153 cm³/mol. The summed E-state index contributed by atoms with van der Waals surface area (Å²) in [7, 11) is 2.15. The largest absolute Gasteiger partial charge is 0.490 e. The molecule has 7 rings (SSSR count). The number of halogens is 5. The number of aromatic nitrogens is 1. The Kier molecular flexibility index (Phi) is 6.44. The zero-order valence-electron chi connectivity index (χ0n) is 23.0. The van der Waals surface area contributed by atoms with E-state index in [-0.39, 0.29) is 29.3 Å². The molecule has 1 N–H and O–H groups in total. The highest BCUT2D eigenvalue weighted by Crippen LogP contribution is 2.48. The van der Waals surface area contributed by atoms with Gasteiger partial charge in [0.2, 0.25) is 7.28 Å². The summed E-state index contributed by atoms with van der Waals surface area (Å²) in [6, 6.07) is 8.78. The lowest BCUT2D eigenvalue weighted by Gasteiger charge is -2.21. The molecule has 2 aromatic carbocycles. The van der Waals surface area contributed by atoms with Gasteiger partial charge in [0, 0.05) is 47.0 Å². The summed E-state index contributed by atoms with van der Waals surface area (Å²) in [4.78, 5) is 9.45. The average Bonchev–Trinajstić information content (AvgIpc) is 3.88. The molecule has 42 heavy (non-hydrogen) atoms. The van der Waals surface area contributed by atoms with Gasteiger partial charge < -0.3 is 10.1 Å². The van der Waals surface area contributed by atoms with Crippen molar-refractivity contribution in [3.05, 3.63) is 77.0 Å². The summed E-state index contributed by atoms with van der Waals surface area (Å²) in [6.45, 7) is 6.99. The smallest absolute Gasteiger partial charge is 0.419 e. The van der Waals surface area contributed by atoms with Gasteiger partial charge in [-0.15, -0.1) is 0 Å². The van der Waals surface area contributed by atoms with E-state index in [1.807, 2.05) is 25.1 Å². The van der Waals surface area contributed by atoms with Gasteiger partial charge in [-0.3, -0.25) is 4.99 Å². The molecule has 4 aliphatic rings. The Hall–Kier alpha value is -3.69. The van der Waals surface area contributed by atoms with Gasteiger partial charge in [-0.05, 0) is 66.9 Å². The summed E-state index contributed by atoms with van der Waals surface area (Å²) in [5, 5.41) is 3.45. The molecule has 1 aromatic heterocycles. The van der Waals surface area contributed by atoms with Crippen LogP contribution in [0.5, 0.6) is 5.75 Å². The number of benzene rings is 2. The lowest BCUT2D eigenvalue weighted by atomic mass is 9.65. The van der Waals surface area contributed by atoms with Gasteiger partial charge in [0.25, 0.3) is 0 Å². The van der Waals surface area contributed by atoms with Gasteiger partial charge in [0.15, 0.2) is 0 Å². The number of fused-ring (bicyclic) bond motifs is 2. The van der Waals surface area contributed by atoms with Crippen molar-refractivity contribution in [1.82, 2.24) is 10.3 Å². The van der Waals surface area contributed by atoms with Crippen LogP contribution in [0.25, 0.3) is 17.0 Å². The fourth-order valence-electron chi connectivity index (χ4n) is 5.93. The number of nitrogens with zero attached hydrogens (tertiary/aromatic N) is 2. The van der Waals surface area contributed by atoms with Gasteiger partial charge in [0.1, 0.15) is 23.1 Å². The molecule has 0 bridgehead atoms. The normalized spacial score (nSPS) is 19.9. The molecule has 2 fully saturated rings. The van der Waals surface area contributed by atoms with Gasteiger partial charge in [0.05, 0.1) is 17.9 Å². The Bertz CT molecular complexity index is 1640. The summed E-state index contributed by atoms with van der Waals surface area (Å²) in [5.41, 5.74) is 4.30. The van der Waals surface area contributed by atoms with Crippen molar-refractivity contribution in [3.63, 3.8) is 0 Å². The van der Waals surface area contributed by atoms with E-state index in [0.29, 0.717) is 36.7 Å². The van der Waals surface area contributed by atoms with E-state index >= 15 is 4.39 Å². The molecule has 2 saturated carbocycles. The molecule has 0 saturated heterocycles. The third-order valence-electron chi connectivity index (χ3n) is 8.68. The Morgan fingerprint density at radius 1 is 1.10 bits per heavy atom. The van der Waals surface area contributed by atoms with E-state index in [2.05, 4.69) is 25.2 Å². The number of nitrogens with one attached hydrogen (secondary N) is 1. The fraction of sp³-hybridized carbons (Fsp3) is 0.375. The maximum atomic E-state index is 15.0.